The summed E-state index contributed by atoms with van der Waals surface area (Å²) in [6, 6.07) is 16.1. The van der Waals surface area contributed by atoms with Crippen LogP contribution in [0, 0.1) is 0 Å². The van der Waals surface area contributed by atoms with Gasteiger partial charge < -0.3 is 9.97 Å². The first-order valence-corrected chi connectivity index (χ1v) is 7.05. The van der Waals surface area contributed by atoms with Gasteiger partial charge >= 0.3 is 0 Å². The largest absolute Gasteiger partial charge is 0.341 e. The summed E-state index contributed by atoms with van der Waals surface area (Å²) in [5.41, 5.74) is 3.76. The lowest BCUT2D eigenvalue weighted by atomic mass is 9.92. The quantitative estimate of drug-likeness (QED) is 0.585. The van der Waals surface area contributed by atoms with Gasteiger partial charge in [0.15, 0.2) is 0 Å². The molecule has 104 valence electrons. The number of benzene rings is 2. The third-order valence-corrected chi connectivity index (χ3v) is 3.96. The highest BCUT2D eigenvalue weighted by atomic mass is 15.0. The number of hydrogen-bond donors (Lipinski definition) is 2. The molecule has 0 saturated heterocycles. The van der Waals surface area contributed by atoms with Crippen LogP contribution in [0.4, 0.5) is 0 Å². The molecule has 4 rings (SSSR count). The van der Waals surface area contributed by atoms with Gasteiger partial charge in [-0.2, -0.15) is 0 Å². The molecular formula is C17H16N4. The zero-order valence-corrected chi connectivity index (χ0v) is 12.0. The monoisotopic (exact) mass is 276 g/mol. The Morgan fingerprint density at radius 1 is 0.714 bits per heavy atom. The minimum Gasteiger partial charge on any atom is -0.341 e. The first kappa shape index (κ1) is 12.1. The fraction of sp³-hybridized carbons (Fsp3) is 0.176. The summed E-state index contributed by atoms with van der Waals surface area (Å²) in [5, 5.41) is 0. The molecule has 4 heteroatoms. The Bertz CT molecular complexity index is 788. The van der Waals surface area contributed by atoms with E-state index >= 15 is 0 Å². The summed E-state index contributed by atoms with van der Waals surface area (Å²) in [6.45, 7) is 4.25. The van der Waals surface area contributed by atoms with Crippen LogP contribution < -0.4 is 0 Å². The molecule has 2 aromatic heterocycles. The number of fused-ring (bicyclic) bond motifs is 2. The van der Waals surface area contributed by atoms with E-state index < -0.39 is 0 Å². The molecule has 0 fully saturated rings. The van der Waals surface area contributed by atoms with Gasteiger partial charge in [-0.05, 0) is 38.1 Å². The van der Waals surface area contributed by atoms with E-state index in [1.165, 1.54) is 0 Å². The molecule has 2 N–H and O–H groups in total. The van der Waals surface area contributed by atoms with Crippen LogP contribution in [0.2, 0.25) is 0 Å². The lowest BCUT2D eigenvalue weighted by Crippen LogP contribution is -2.22. The van der Waals surface area contributed by atoms with Crippen molar-refractivity contribution >= 4 is 22.1 Å². The predicted molar refractivity (Wildman–Crippen MR) is 84.3 cm³/mol. The fourth-order valence-electron chi connectivity index (χ4n) is 2.61. The molecule has 0 bridgehead atoms. The van der Waals surface area contributed by atoms with Crippen molar-refractivity contribution in [3.05, 3.63) is 60.2 Å². The molecule has 0 amide bonds. The zero-order valence-electron chi connectivity index (χ0n) is 12.0. The van der Waals surface area contributed by atoms with Crippen LogP contribution in [-0.4, -0.2) is 19.9 Å². The fourth-order valence-corrected chi connectivity index (χ4v) is 2.61. The van der Waals surface area contributed by atoms with Crippen molar-refractivity contribution in [3.63, 3.8) is 0 Å². The molecule has 4 aromatic rings. The van der Waals surface area contributed by atoms with Crippen molar-refractivity contribution in [2.75, 3.05) is 0 Å². The molecule has 2 aromatic carbocycles. The number of aromatic nitrogens is 4. The van der Waals surface area contributed by atoms with Crippen molar-refractivity contribution in [3.8, 4) is 0 Å². The van der Waals surface area contributed by atoms with Crippen LogP contribution in [0.3, 0.4) is 0 Å². The second-order valence-corrected chi connectivity index (χ2v) is 5.83. The SMILES string of the molecule is CC(C)(c1nc2ccccc2[nH]1)c1nc2ccccc2[nH]1. The maximum Gasteiger partial charge on any atom is 0.120 e. The Labute approximate surface area is 122 Å². The lowest BCUT2D eigenvalue weighted by Gasteiger charge is -2.19. The summed E-state index contributed by atoms with van der Waals surface area (Å²) in [7, 11) is 0. The second-order valence-electron chi connectivity index (χ2n) is 5.83. The highest BCUT2D eigenvalue weighted by molar-refractivity contribution is 5.76. The number of nitrogens with zero attached hydrogens (tertiary/aromatic N) is 2. The third-order valence-electron chi connectivity index (χ3n) is 3.96. The number of aromatic amines is 2. The molecule has 0 saturated carbocycles. The normalized spacial score (nSPS) is 12.3. The highest BCUT2D eigenvalue weighted by Crippen LogP contribution is 2.30. The molecule has 0 aliphatic heterocycles. The standard InChI is InChI=1S/C17H16N4/c1-17(2,15-18-11-7-3-4-8-12(11)19-15)16-20-13-9-5-6-10-14(13)21-16/h3-10H,1-2H3,(H,18,19)(H,20,21). The molecular weight excluding hydrogens is 260 g/mol. The van der Waals surface area contributed by atoms with Gasteiger partial charge in [-0.15, -0.1) is 0 Å². The summed E-state index contributed by atoms with van der Waals surface area (Å²) in [5.74, 6) is 1.84. The van der Waals surface area contributed by atoms with Crippen molar-refractivity contribution in [1.82, 2.24) is 19.9 Å². The minimum atomic E-state index is -0.308. The highest BCUT2D eigenvalue weighted by Gasteiger charge is 2.30. The molecule has 2 heterocycles. The molecule has 21 heavy (non-hydrogen) atoms. The average Bonchev–Trinajstić information content (AvgIpc) is 3.11. The average molecular weight is 276 g/mol. The molecule has 0 aliphatic rings. The minimum absolute atomic E-state index is 0.308. The van der Waals surface area contributed by atoms with Gasteiger partial charge in [0.1, 0.15) is 11.6 Å². The number of nitrogens with one attached hydrogen (secondary N) is 2. The Morgan fingerprint density at radius 2 is 1.14 bits per heavy atom. The molecule has 0 unspecified atom stereocenters. The van der Waals surface area contributed by atoms with E-state index in [0.717, 1.165) is 33.7 Å². The molecule has 0 spiro atoms. The Morgan fingerprint density at radius 3 is 1.57 bits per heavy atom. The molecule has 0 aliphatic carbocycles. The Hall–Kier alpha value is -2.62. The number of rotatable bonds is 2. The van der Waals surface area contributed by atoms with Gasteiger partial charge in [0.25, 0.3) is 0 Å². The zero-order chi connectivity index (χ0) is 14.4. The van der Waals surface area contributed by atoms with Crippen molar-refractivity contribution in [1.29, 1.82) is 0 Å². The number of imidazole rings is 2. The Kier molecular flexibility index (Phi) is 2.42. The summed E-state index contributed by atoms with van der Waals surface area (Å²) >= 11 is 0. The second kappa shape index (κ2) is 4.19. The van der Waals surface area contributed by atoms with Gasteiger partial charge in [-0.1, -0.05) is 24.3 Å². The van der Waals surface area contributed by atoms with Crippen LogP contribution in [0.25, 0.3) is 22.1 Å². The van der Waals surface area contributed by atoms with E-state index in [0.29, 0.717) is 0 Å². The van der Waals surface area contributed by atoms with Crippen molar-refractivity contribution in [2.24, 2.45) is 0 Å². The van der Waals surface area contributed by atoms with Gasteiger partial charge in [0.05, 0.1) is 27.5 Å². The molecule has 4 nitrogen and oxygen atoms in total. The van der Waals surface area contributed by atoms with Crippen LogP contribution >= 0.6 is 0 Å². The topological polar surface area (TPSA) is 57.4 Å². The predicted octanol–water partition coefficient (Wildman–Crippen LogP) is 3.77. The van der Waals surface area contributed by atoms with E-state index in [2.05, 4.69) is 23.8 Å². The summed E-state index contributed by atoms with van der Waals surface area (Å²) < 4.78 is 0. The van der Waals surface area contributed by atoms with Crippen LogP contribution in [-0.2, 0) is 5.41 Å². The van der Waals surface area contributed by atoms with Gasteiger partial charge in [-0.25, -0.2) is 9.97 Å². The van der Waals surface area contributed by atoms with E-state index in [4.69, 9.17) is 9.97 Å². The number of H-pyrrole nitrogens is 2. The van der Waals surface area contributed by atoms with Gasteiger partial charge in [0.2, 0.25) is 0 Å². The van der Waals surface area contributed by atoms with E-state index in [-0.39, 0.29) is 5.41 Å². The summed E-state index contributed by atoms with van der Waals surface area (Å²) in [6.07, 6.45) is 0. The Balaban J connectivity index is 1.87. The van der Waals surface area contributed by atoms with Crippen LogP contribution in [0.15, 0.2) is 48.5 Å². The summed E-state index contributed by atoms with van der Waals surface area (Å²) in [4.78, 5) is 16.2. The smallest absolute Gasteiger partial charge is 0.120 e. The first-order valence-electron chi connectivity index (χ1n) is 7.05. The van der Waals surface area contributed by atoms with Crippen LogP contribution in [0.1, 0.15) is 25.5 Å². The van der Waals surface area contributed by atoms with E-state index in [1.54, 1.807) is 0 Å². The van der Waals surface area contributed by atoms with Crippen molar-refractivity contribution in [2.45, 2.75) is 19.3 Å². The lowest BCUT2D eigenvalue weighted by molar-refractivity contribution is 0.567. The van der Waals surface area contributed by atoms with Crippen LogP contribution in [0.5, 0.6) is 0 Å². The first-order chi connectivity index (χ1) is 10.1. The van der Waals surface area contributed by atoms with E-state index in [9.17, 15) is 0 Å². The van der Waals surface area contributed by atoms with Crippen molar-refractivity contribution < 1.29 is 0 Å². The maximum absolute atomic E-state index is 4.72. The van der Waals surface area contributed by atoms with Gasteiger partial charge in [0, 0.05) is 0 Å². The van der Waals surface area contributed by atoms with E-state index in [1.807, 2.05) is 48.5 Å². The third kappa shape index (κ3) is 1.83. The molecule has 0 atom stereocenters. The number of para-hydroxylation sites is 4. The maximum atomic E-state index is 4.72. The molecule has 0 radical (unpaired) electrons. The van der Waals surface area contributed by atoms with Gasteiger partial charge in [-0.3, -0.25) is 0 Å². The number of hydrogen-bond acceptors (Lipinski definition) is 2.